The first-order valence-corrected chi connectivity index (χ1v) is 8.39. The van der Waals surface area contributed by atoms with Gasteiger partial charge in [-0.05, 0) is 48.0 Å². The molecule has 24 heavy (non-hydrogen) atoms. The summed E-state index contributed by atoms with van der Waals surface area (Å²) >= 11 is 0. The van der Waals surface area contributed by atoms with Crippen molar-refractivity contribution in [3.63, 3.8) is 0 Å². The van der Waals surface area contributed by atoms with Gasteiger partial charge in [-0.15, -0.1) is 0 Å². The number of carbonyl (C=O) groups excluding carboxylic acids is 2. The first-order chi connectivity index (χ1) is 10.9. The summed E-state index contributed by atoms with van der Waals surface area (Å²) in [4.78, 5) is 26.7. The number of esters is 1. The lowest BCUT2D eigenvalue weighted by Gasteiger charge is -2.33. The average molecular weight is 343 g/mol. The van der Waals surface area contributed by atoms with Crippen LogP contribution in [0.15, 0.2) is 0 Å². The minimum absolute atomic E-state index is 0.122. The highest BCUT2D eigenvalue weighted by molar-refractivity contribution is 5.83. The number of likely N-dealkylation sites (tertiary alicyclic amines) is 1. The summed E-state index contributed by atoms with van der Waals surface area (Å²) in [7, 11) is 0. The van der Waals surface area contributed by atoms with E-state index in [0.717, 1.165) is 0 Å². The third-order valence-corrected chi connectivity index (χ3v) is 3.92. The number of epoxide rings is 1. The number of aliphatic hydroxyl groups is 1. The molecule has 7 heteroatoms. The predicted octanol–water partition coefficient (Wildman–Crippen LogP) is 1.71. The molecule has 2 unspecified atom stereocenters. The van der Waals surface area contributed by atoms with Crippen LogP contribution < -0.4 is 0 Å². The maximum atomic E-state index is 12.7. The Hall–Kier alpha value is -1.34. The standard InChI is InChI=1S/C17H29NO6/c1-16(2,3)23-14(20)11-7-10(8-19)13(12-9-22-12)18(11)15(21)24-17(4,5)6/h10-13,19H,7-9H2,1-6H3/t10-,11?,12?,13+/m0/s1. The Labute approximate surface area is 143 Å². The summed E-state index contributed by atoms with van der Waals surface area (Å²) in [5.41, 5.74) is -1.33. The van der Waals surface area contributed by atoms with Gasteiger partial charge in [0, 0.05) is 12.5 Å². The highest BCUT2D eigenvalue weighted by Gasteiger charge is 2.55. The van der Waals surface area contributed by atoms with Crippen molar-refractivity contribution in [2.24, 2.45) is 5.92 Å². The van der Waals surface area contributed by atoms with Gasteiger partial charge >= 0.3 is 12.1 Å². The molecule has 4 atom stereocenters. The Morgan fingerprint density at radius 3 is 2.08 bits per heavy atom. The molecule has 0 radical (unpaired) electrons. The molecule has 0 saturated carbocycles. The van der Waals surface area contributed by atoms with Crippen molar-refractivity contribution in [2.45, 2.75) is 77.4 Å². The van der Waals surface area contributed by atoms with E-state index in [1.165, 1.54) is 4.90 Å². The van der Waals surface area contributed by atoms with Crippen molar-refractivity contribution in [2.75, 3.05) is 13.2 Å². The number of aliphatic hydroxyl groups excluding tert-OH is 1. The van der Waals surface area contributed by atoms with Gasteiger partial charge in [-0.2, -0.15) is 0 Å². The van der Waals surface area contributed by atoms with Gasteiger partial charge in [0.2, 0.25) is 0 Å². The van der Waals surface area contributed by atoms with Crippen LogP contribution in [0, 0.1) is 5.92 Å². The van der Waals surface area contributed by atoms with E-state index in [-0.39, 0.29) is 24.7 Å². The Morgan fingerprint density at radius 1 is 1.12 bits per heavy atom. The smallest absolute Gasteiger partial charge is 0.411 e. The molecule has 138 valence electrons. The number of rotatable bonds is 3. The number of carbonyl (C=O) groups is 2. The Morgan fingerprint density at radius 2 is 1.67 bits per heavy atom. The second-order valence-electron chi connectivity index (χ2n) is 8.48. The Bertz CT molecular complexity index is 488. The lowest BCUT2D eigenvalue weighted by Crippen LogP contribution is -2.51. The summed E-state index contributed by atoms with van der Waals surface area (Å²) in [5.74, 6) is -0.711. The molecule has 0 aromatic carbocycles. The van der Waals surface area contributed by atoms with Gasteiger partial charge in [0.15, 0.2) is 0 Å². The van der Waals surface area contributed by atoms with Gasteiger partial charge in [-0.25, -0.2) is 9.59 Å². The molecule has 0 spiro atoms. The SMILES string of the molecule is CC(C)(C)OC(=O)C1C[C@@H](CO)[C@H](C2CO2)N1C(=O)OC(C)(C)C. The van der Waals surface area contributed by atoms with Crippen LogP contribution in [0.25, 0.3) is 0 Å². The molecule has 2 heterocycles. The first-order valence-electron chi connectivity index (χ1n) is 8.39. The summed E-state index contributed by atoms with van der Waals surface area (Å²) in [6.45, 7) is 11.1. The third kappa shape index (κ3) is 4.60. The highest BCUT2D eigenvalue weighted by atomic mass is 16.6. The first kappa shape index (κ1) is 19.0. The zero-order valence-electron chi connectivity index (χ0n) is 15.4. The van der Waals surface area contributed by atoms with Crippen molar-refractivity contribution >= 4 is 12.1 Å². The molecule has 2 aliphatic heterocycles. The molecular formula is C17H29NO6. The number of hydrogen-bond donors (Lipinski definition) is 1. The fourth-order valence-corrected chi connectivity index (χ4v) is 3.04. The van der Waals surface area contributed by atoms with E-state index in [1.54, 1.807) is 41.5 Å². The lowest BCUT2D eigenvalue weighted by molar-refractivity contribution is -0.160. The highest BCUT2D eigenvalue weighted by Crippen LogP contribution is 2.38. The van der Waals surface area contributed by atoms with Gasteiger partial charge in [0.05, 0.1) is 12.6 Å². The van der Waals surface area contributed by atoms with E-state index in [9.17, 15) is 14.7 Å². The normalized spacial score (nSPS) is 30.2. The van der Waals surface area contributed by atoms with Gasteiger partial charge in [-0.1, -0.05) is 0 Å². The number of amides is 1. The number of nitrogens with zero attached hydrogens (tertiary/aromatic N) is 1. The van der Waals surface area contributed by atoms with E-state index in [4.69, 9.17) is 14.2 Å². The molecule has 1 N–H and O–H groups in total. The number of hydrogen-bond acceptors (Lipinski definition) is 6. The largest absolute Gasteiger partial charge is 0.458 e. The zero-order valence-corrected chi connectivity index (χ0v) is 15.4. The van der Waals surface area contributed by atoms with Crippen LogP contribution in [0.4, 0.5) is 4.79 Å². The fourth-order valence-electron chi connectivity index (χ4n) is 3.04. The molecule has 2 rings (SSSR count). The Balaban J connectivity index is 2.26. The van der Waals surface area contributed by atoms with Crippen LogP contribution in [0.2, 0.25) is 0 Å². The van der Waals surface area contributed by atoms with Crippen molar-refractivity contribution in [1.82, 2.24) is 4.90 Å². The fraction of sp³-hybridized carbons (Fsp3) is 0.882. The summed E-state index contributed by atoms with van der Waals surface area (Å²) < 4.78 is 16.3. The van der Waals surface area contributed by atoms with Gasteiger partial charge in [-0.3, -0.25) is 4.90 Å². The van der Waals surface area contributed by atoms with Crippen LogP contribution >= 0.6 is 0 Å². The van der Waals surface area contributed by atoms with Crippen LogP contribution in [-0.2, 0) is 19.0 Å². The minimum Gasteiger partial charge on any atom is -0.458 e. The molecule has 2 aliphatic rings. The van der Waals surface area contributed by atoms with Crippen molar-refractivity contribution < 1.29 is 28.9 Å². The van der Waals surface area contributed by atoms with Crippen LogP contribution in [0.5, 0.6) is 0 Å². The quantitative estimate of drug-likeness (QED) is 0.620. The van der Waals surface area contributed by atoms with E-state index < -0.39 is 29.3 Å². The lowest BCUT2D eigenvalue weighted by atomic mass is 9.98. The molecule has 2 saturated heterocycles. The summed E-state index contributed by atoms with van der Waals surface area (Å²) in [6, 6.07) is -1.15. The zero-order chi connectivity index (χ0) is 18.3. The van der Waals surface area contributed by atoms with Crippen molar-refractivity contribution in [3.8, 4) is 0 Å². The Kier molecular flexibility index (Phi) is 5.16. The maximum absolute atomic E-state index is 12.7. The predicted molar refractivity (Wildman–Crippen MR) is 86.4 cm³/mol. The van der Waals surface area contributed by atoms with Crippen LogP contribution in [0.3, 0.4) is 0 Å². The van der Waals surface area contributed by atoms with E-state index in [1.807, 2.05) is 0 Å². The molecule has 1 amide bonds. The topological polar surface area (TPSA) is 88.6 Å². The minimum atomic E-state index is -0.773. The third-order valence-electron chi connectivity index (χ3n) is 3.92. The van der Waals surface area contributed by atoms with E-state index in [2.05, 4.69) is 0 Å². The average Bonchev–Trinajstić information content (AvgIpc) is 3.13. The van der Waals surface area contributed by atoms with Crippen LogP contribution in [-0.4, -0.2) is 64.7 Å². The van der Waals surface area contributed by atoms with Crippen LogP contribution in [0.1, 0.15) is 48.0 Å². The van der Waals surface area contributed by atoms with E-state index in [0.29, 0.717) is 13.0 Å². The molecule has 7 nitrogen and oxygen atoms in total. The summed E-state index contributed by atoms with van der Waals surface area (Å²) in [5, 5.41) is 9.69. The molecule has 0 aromatic rings. The van der Waals surface area contributed by atoms with Crippen molar-refractivity contribution in [3.05, 3.63) is 0 Å². The molecule has 0 aliphatic carbocycles. The monoisotopic (exact) mass is 343 g/mol. The van der Waals surface area contributed by atoms with Crippen molar-refractivity contribution in [1.29, 1.82) is 0 Å². The molecule has 0 bridgehead atoms. The summed E-state index contributed by atoms with van der Waals surface area (Å²) in [6.07, 6.45) is -0.397. The van der Waals surface area contributed by atoms with E-state index >= 15 is 0 Å². The van der Waals surface area contributed by atoms with Gasteiger partial charge in [0.1, 0.15) is 23.3 Å². The second kappa shape index (κ2) is 6.52. The van der Waals surface area contributed by atoms with Gasteiger partial charge in [0.25, 0.3) is 0 Å². The second-order valence-corrected chi connectivity index (χ2v) is 8.48. The molecule has 0 aromatic heterocycles. The number of ether oxygens (including phenoxy) is 3. The molecule has 2 fully saturated rings. The van der Waals surface area contributed by atoms with Gasteiger partial charge < -0.3 is 19.3 Å². The maximum Gasteiger partial charge on any atom is 0.411 e. The molecular weight excluding hydrogens is 314 g/mol.